The highest BCUT2D eigenvalue weighted by Crippen LogP contribution is 2.60. The fourth-order valence-corrected chi connectivity index (χ4v) is 5.40. The number of esters is 1. The van der Waals surface area contributed by atoms with Crippen LogP contribution < -0.4 is 4.74 Å². The molecule has 0 N–H and O–H groups in total. The topological polar surface area (TPSA) is 26.3 Å². The van der Waals surface area contributed by atoms with E-state index in [0.717, 1.165) is 37.0 Å². The Balaban J connectivity index is 1.56. The van der Waals surface area contributed by atoms with Gasteiger partial charge in [0.2, 0.25) is 0 Å². The first-order valence-electron chi connectivity index (χ1n) is 7.71. The first-order valence-corrected chi connectivity index (χ1v) is 8.47. The minimum absolute atomic E-state index is 0.0556. The number of hydrogen-bond acceptors (Lipinski definition) is 2. The van der Waals surface area contributed by atoms with Gasteiger partial charge in [0, 0.05) is 6.07 Å². The molecule has 4 aliphatic carbocycles. The van der Waals surface area contributed by atoms with E-state index in [0.29, 0.717) is 15.8 Å². The van der Waals surface area contributed by atoms with Gasteiger partial charge < -0.3 is 4.74 Å². The average molecular weight is 325 g/mol. The fraction of sp³-hybridized carbons (Fsp3) is 0.588. The lowest BCUT2D eigenvalue weighted by Gasteiger charge is -2.55. The molecule has 0 aliphatic heterocycles. The molecule has 0 atom stereocenters. The van der Waals surface area contributed by atoms with E-state index >= 15 is 0 Å². The van der Waals surface area contributed by atoms with Crippen molar-refractivity contribution in [2.45, 2.75) is 38.5 Å². The third-order valence-electron chi connectivity index (χ3n) is 5.57. The number of ether oxygens (including phenoxy) is 1. The maximum atomic E-state index is 12.8. The summed E-state index contributed by atoms with van der Waals surface area (Å²) >= 11 is 11.9. The molecule has 4 bridgehead atoms. The number of hydrogen-bond donors (Lipinski definition) is 0. The largest absolute Gasteiger partial charge is 0.426 e. The molecule has 5 rings (SSSR count). The van der Waals surface area contributed by atoms with Gasteiger partial charge >= 0.3 is 5.97 Å². The van der Waals surface area contributed by atoms with Gasteiger partial charge in [-0.25, -0.2) is 0 Å². The van der Waals surface area contributed by atoms with Crippen LogP contribution in [0.2, 0.25) is 10.0 Å². The van der Waals surface area contributed by atoms with Crippen LogP contribution in [0, 0.1) is 23.2 Å². The van der Waals surface area contributed by atoms with Crippen molar-refractivity contribution in [2.24, 2.45) is 23.2 Å². The van der Waals surface area contributed by atoms with E-state index in [2.05, 4.69) is 0 Å². The maximum absolute atomic E-state index is 12.8. The highest BCUT2D eigenvalue weighted by atomic mass is 35.5. The number of benzene rings is 1. The van der Waals surface area contributed by atoms with Gasteiger partial charge in [-0.1, -0.05) is 23.2 Å². The van der Waals surface area contributed by atoms with Crippen LogP contribution in [-0.2, 0) is 4.79 Å². The Hall–Kier alpha value is -0.730. The lowest BCUT2D eigenvalue weighted by Crippen LogP contribution is -2.51. The van der Waals surface area contributed by atoms with E-state index in [4.69, 9.17) is 27.9 Å². The number of carbonyl (C=O) groups excluding carboxylic acids is 1. The summed E-state index contributed by atoms with van der Waals surface area (Å²) in [7, 11) is 0. The first kappa shape index (κ1) is 13.9. The molecule has 1 aromatic carbocycles. The zero-order chi connectivity index (χ0) is 14.6. The van der Waals surface area contributed by atoms with Crippen molar-refractivity contribution in [3.8, 4) is 5.75 Å². The van der Waals surface area contributed by atoms with Crippen LogP contribution in [0.1, 0.15) is 38.5 Å². The summed E-state index contributed by atoms with van der Waals surface area (Å²) in [6, 6.07) is 5.01. The van der Waals surface area contributed by atoms with Crippen molar-refractivity contribution < 1.29 is 9.53 Å². The van der Waals surface area contributed by atoms with Crippen molar-refractivity contribution in [2.75, 3.05) is 0 Å². The van der Waals surface area contributed by atoms with Crippen LogP contribution in [0.15, 0.2) is 18.2 Å². The van der Waals surface area contributed by atoms with E-state index in [9.17, 15) is 4.79 Å². The second-order valence-corrected chi connectivity index (χ2v) is 7.98. The summed E-state index contributed by atoms with van der Waals surface area (Å²) in [6.45, 7) is 0. The summed E-state index contributed by atoms with van der Waals surface area (Å²) in [4.78, 5) is 12.8. The van der Waals surface area contributed by atoms with Crippen LogP contribution in [0.4, 0.5) is 0 Å². The van der Waals surface area contributed by atoms with Crippen LogP contribution in [0.5, 0.6) is 5.75 Å². The SMILES string of the molecule is O=C(Oc1ccc(Cl)c(Cl)c1)C12CC3CC(CC(C3)C1)C2. The van der Waals surface area contributed by atoms with Crippen molar-refractivity contribution in [1.82, 2.24) is 0 Å². The van der Waals surface area contributed by atoms with Crippen LogP contribution >= 0.6 is 23.2 Å². The molecule has 1 aromatic rings. The fourth-order valence-electron chi connectivity index (χ4n) is 5.12. The van der Waals surface area contributed by atoms with Gasteiger partial charge in [0.1, 0.15) is 5.75 Å². The van der Waals surface area contributed by atoms with E-state index in [-0.39, 0.29) is 11.4 Å². The summed E-state index contributed by atoms with van der Waals surface area (Å²) in [5.41, 5.74) is -0.235. The van der Waals surface area contributed by atoms with Crippen molar-refractivity contribution in [3.63, 3.8) is 0 Å². The highest BCUT2D eigenvalue weighted by molar-refractivity contribution is 6.42. The highest BCUT2D eigenvalue weighted by Gasteiger charge is 2.55. The molecule has 21 heavy (non-hydrogen) atoms. The van der Waals surface area contributed by atoms with Crippen LogP contribution in [0.25, 0.3) is 0 Å². The van der Waals surface area contributed by atoms with Gasteiger partial charge in [-0.05, 0) is 68.4 Å². The van der Waals surface area contributed by atoms with Crippen molar-refractivity contribution in [1.29, 1.82) is 0 Å². The molecule has 4 saturated carbocycles. The Kier molecular flexibility index (Phi) is 3.24. The smallest absolute Gasteiger partial charge is 0.317 e. The van der Waals surface area contributed by atoms with Gasteiger partial charge in [0.15, 0.2) is 0 Å². The molecule has 2 nitrogen and oxygen atoms in total. The Labute approximate surface area is 134 Å². The van der Waals surface area contributed by atoms with Gasteiger partial charge in [-0.3, -0.25) is 4.79 Å². The van der Waals surface area contributed by atoms with Gasteiger partial charge in [0.05, 0.1) is 15.5 Å². The summed E-state index contributed by atoms with van der Waals surface area (Å²) in [6.07, 6.45) is 7.00. The predicted octanol–water partition coefficient (Wildman–Crippen LogP) is 5.12. The predicted molar refractivity (Wildman–Crippen MR) is 82.7 cm³/mol. The molecule has 0 amide bonds. The second kappa shape index (κ2) is 4.89. The van der Waals surface area contributed by atoms with E-state index in [1.807, 2.05) is 0 Å². The van der Waals surface area contributed by atoms with Gasteiger partial charge in [-0.2, -0.15) is 0 Å². The standard InChI is InChI=1S/C17H18Cl2O2/c18-14-2-1-13(6-15(14)19)21-16(20)17-7-10-3-11(8-17)5-12(4-10)9-17/h1-2,6,10-12H,3-5,7-9H2. The molecule has 0 heterocycles. The Bertz CT molecular complexity index is 561. The Morgan fingerprint density at radius 1 is 1.00 bits per heavy atom. The van der Waals surface area contributed by atoms with E-state index in [1.165, 1.54) is 19.3 Å². The quantitative estimate of drug-likeness (QED) is 0.557. The zero-order valence-corrected chi connectivity index (χ0v) is 13.3. The summed E-state index contributed by atoms with van der Waals surface area (Å²) in [5.74, 6) is 2.65. The lowest BCUT2D eigenvalue weighted by atomic mass is 9.49. The molecule has 4 aliphatic rings. The normalized spacial score (nSPS) is 36.8. The van der Waals surface area contributed by atoms with Crippen molar-refractivity contribution >= 4 is 29.2 Å². The lowest BCUT2D eigenvalue weighted by molar-refractivity contribution is -0.161. The minimum Gasteiger partial charge on any atom is -0.426 e. The third-order valence-corrected chi connectivity index (χ3v) is 6.31. The Morgan fingerprint density at radius 2 is 1.57 bits per heavy atom. The minimum atomic E-state index is -0.235. The number of rotatable bonds is 2. The molecule has 0 aromatic heterocycles. The molecule has 112 valence electrons. The third kappa shape index (κ3) is 2.37. The van der Waals surface area contributed by atoms with E-state index < -0.39 is 0 Å². The molecule has 0 saturated heterocycles. The molecule has 4 fully saturated rings. The monoisotopic (exact) mass is 324 g/mol. The van der Waals surface area contributed by atoms with Crippen LogP contribution in [-0.4, -0.2) is 5.97 Å². The van der Waals surface area contributed by atoms with Crippen molar-refractivity contribution in [3.05, 3.63) is 28.2 Å². The molecule has 0 unspecified atom stereocenters. The van der Waals surface area contributed by atoms with Gasteiger partial charge in [0.25, 0.3) is 0 Å². The zero-order valence-electron chi connectivity index (χ0n) is 11.8. The molecule has 4 heteroatoms. The summed E-state index contributed by atoms with van der Waals surface area (Å²) in [5, 5.41) is 0.902. The van der Waals surface area contributed by atoms with E-state index in [1.54, 1.807) is 18.2 Å². The molecule has 0 radical (unpaired) electrons. The first-order chi connectivity index (χ1) is 10.0. The van der Waals surface area contributed by atoms with Crippen LogP contribution in [0.3, 0.4) is 0 Å². The molecular formula is C17H18Cl2O2. The molecular weight excluding hydrogens is 307 g/mol. The average Bonchev–Trinajstić information content (AvgIpc) is 2.41. The summed E-state index contributed by atoms with van der Waals surface area (Å²) < 4.78 is 5.65. The molecule has 0 spiro atoms. The second-order valence-electron chi connectivity index (χ2n) is 7.16. The Morgan fingerprint density at radius 3 is 2.10 bits per heavy atom. The number of halogens is 2. The maximum Gasteiger partial charge on any atom is 0.317 e. The van der Waals surface area contributed by atoms with Gasteiger partial charge in [-0.15, -0.1) is 0 Å². The number of carbonyl (C=O) groups is 1.